The van der Waals surface area contributed by atoms with E-state index in [1.807, 2.05) is 29.2 Å². The lowest BCUT2D eigenvalue weighted by Gasteiger charge is -2.31. The van der Waals surface area contributed by atoms with Crippen molar-refractivity contribution < 1.29 is 14.3 Å². The smallest absolute Gasteiger partial charge is 0.317 e. The Bertz CT molecular complexity index is 619. The molecule has 3 amide bonds. The first-order valence-corrected chi connectivity index (χ1v) is 8.56. The molecule has 2 fully saturated rings. The van der Waals surface area contributed by atoms with Crippen LogP contribution in [0.2, 0.25) is 0 Å². The van der Waals surface area contributed by atoms with Gasteiger partial charge in [0.25, 0.3) is 0 Å². The van der Waals surface area contributed by atoms with E-state index in [1.165, 1.54) is 6.42 Å². The summed E-state index contributed by atoms with van der Waals surface area (Å²) in [4.78, 5) is 28.3. The Hall–Kier alpha value is -2.24. The fraction of sp³-hybridized carbons (Fsp3) is 0.556. The molecule has 2 aliphatic heterocycles. The average Bonchev–Trinajstić information content (AvgIpc) is 2.95. The van der Waals surface area contributed by atoms with Crippen LogP contribution < -0.4 is 15.0 Å². The lowest BCUT2D eigenvalue weighted by molar-refractivity contribution is -0.117. The van der Waals surface area contributed by atoms with Crippen molar-refractivity contribution in [2.75, 3.05) is 31.6 Å². The van der Waals surface area contributed by atoms with Crippen LogP contribution >= 0.6 is 0 Å². The second kappa shape index (κ2) is 7.11. The highest BCUT2D eigenvalue weighted by molar-refractivity contribution is 5.97. The molecular formula is C18H25N3O3. The highest BCUT2D eigenvalue weighted by atomic mass is 16.5. The molecule has 24 heavy (non-hydrogen) atoms. The number of nitrogens with zero attached hydrogens (tertiary/aromatic N) is 2. The minimum Gasteiger partial charge on any atom is -0.497 e. The predicted octanol–water partition coefficient (Wildman–Crippen LogP) is 2.24. The third kappa shape index (κ3) is 3.63. The normalized spacial score (nSPS) is 24.2. The number of piperidine rings is 1. The Morgan fingerprint density at radius 1 is 1.33 bits per heavy atom. The van der Waals surface area contributed by atoms with Gasteiger partial charge in [0.1, 0.15) is 5.75 Å². The number of urea groups is 1. The van der Waals surface area contributed by atoms with E-state index >= 15 is 0 Å². The Labute approximate surface area is 142 Å². The van der Waals surface area contributed by atoms with Gasteiger partial charge in [0.15, 0.2) is 0 Å². The zero-order valence-electron chi connectivity index (χ0n) is 14.3. The van der Waals surface area contributed by atoms with E-state index < -0.39 is 0 Å². The summed E-state index contributed by atoms with van der Waals surface area (Å²) in [7, 11) is 1.60. The molecule has 1 aromatic rings. The number of hydrogen-bond donors (Lipinski definition) is 1. The summed E-state index contributed by atoms with van der Waals surface area (Å²) in [5, 5.41) is 3.02. The van der Waals surface area contributed by atoms with E-state index in [-0.39, 0.29) is 18.0 Å². The second-order valence-electron chi connectivity index (χ2n) is 6.75. The van der Waals surface area contributed by atoms with Gasteiger partial charge in [-0.2, -0.15) is 0 Å². The van der Waals surface area contributed by atoms with Crippen molar-refractivity contribution in [1.29, 1.82) is 0 Å². The monoisotopic (exact) mass is 331 g/mol. The van der Waals surface area contributed by atoms with Gasteiger partial charge in [0.2, 0.25) is 5.91 Å². The summed E-state index contributed by atoms with van der Waals surface area (Å²) in [5.41, 5.74) is 0.808. The van der Waals surface area contributed by atoms with E-state index in [0.717, 1.165) is 30.9 Å². The van der Waals surface area contributed by atoms with Crippen molar-refractivity contribution in [3.05, 3.63) is 24.3 Å². The average molecular weight is 331 g/mol. The van der Waals surface area contributed by atoms with Crippen LogP contribution in [-0.4, -0.2) is 49.6 Å². The molecule has 0 radical (unpaired) electrons. The summed E-state index contributed by atoms with van der Waals surface area (Å²) < 4.78 is 5.22. The molecule has 0 aromatic heterocycles. The van der Waals surface area contributed by atoms with Gasteiger partial charge in [-0.1, -0.05) is 13.0 Å². The van der Waals surface area contributed by atoms with Gasteiger partial charge in [-0.25, -0.2) is 4.79 Å². The van der Waals surface area contributed by atoms with Crippen LogP contribution in [0.5, 0.6) is 5.75 Å². The lowest BCUT2D eigenvalue weighted by atomic mass is 10.0. The topological polar surface area (TPSA) is 61.9 Å². The number of benzene rings is 1. The van der Waals surface area contributed by atoms with Crippen molar-refractivity contribution >= 4 is 17.6 Å². The van der Waals surface area contributed by atoms with Crippen LogP contribution in [0.25, 0.3) is 0 Å². The molecule has 0 unspecified atom stereocenters. The molecule has 1 N–H and O–H groups in total. The largest absolute Gasteiger partial charge is 0.497 e. The number of amides is 3. The zero-order valence-corrected chi connectivity index (χ0v) is 14.3. The number of hydrogen-bond acceptors (Lipinski definition) is 3. The molecule has 0 saturated carbocycles. The Morgan fingerprint density at radius 3 is 2.92 bits per heavy atom. The number of carbonyl (C=O) groups is 2. The molecule has 6 nitrogen and oxygen atoms in total. The predicted molar refractivity (Wildman–Crippen MR) is 92.3 cm³/mol. The molecule has 2 saturated heterocycles. The number of carbonyl (C=O) groups excluding carboxylic acids is 2. The number of likely N-dealkylation sites (tertiary alicyclic amines) is 1. The van der Waals surface area contributed by atoms with Crippen LogP contribution in [0.4, 0.5) is 10.5 Å². The van der Waals surface area contributed by atoms with E-state index in [4.69, 9.17) is 4.74 Å². The molecule has 3 rings (SSSR count). The minimum absolute atomic E-state index is 0.0283. The summed E-state index contributed by atoms with van der Waals surface area (Å²) in [6, 6.07) is 7.24. The fourth-order valence-corrected chi connectivity index (χ4v) is 3.47. The maximum absolute atomic E-state index is 12.4. The Morgan fingerprint density at radius 2 is 2.17 bits per heavy atom. The van der Waals surface area contributed by atoms with Crippen molar-refractivity contribution in [3.8, 4) is 5.75 Å². The zero-order chi connectivity index (χ0) is 17.1. The third-order valence-corrected chi connectivity index (χ3v) is 4.76. The fourth-order valence-electron chi connectivity index (χ4n) is 3.47. The van der Waals surface area contributed by atoms with Gasteiger partial charge in [0.05, 0.1) is 13.2 Å². The van der Waals surface area contributed by atoms with Gasteiger partial charge in [0, 0.05) is 37.8 Å². The number of methoxy groups -OCH3 is 1. The van der Waals surface area contributed by atoms with Crippen molar-refractivity contribution in [2.24, 2.45) is 5.92 Å². The van der Waals surface area contributed by atoms with Crippen molar-refractivity contribution in [3.63, 3.8) is 0 Å². The summed E-state index contributed by atoms with van der Waals surface area (Å²) in [5.74, 6) is 1.29. The quantitative estimate of drug-likeness (QED) is 0.924. The number of ether oxygens (including phenoxy) is 1. The molecule has 6 heteroatoms. The van der Waals surface area contributed by atoms with E-state index in [2.05, 4.69) is 12.2 Å². The molecular weight excluding hydrogens is 306 g/mol. The highest BCUT2D eigenvalue weighted by Gasteiger charge is 2.33. The SMILES string of the molecule is COc1cccc(N2C[C@H](NC(=O)N3CCC[C@@H](C)C3)CC2=O)c1. The molecule has 0 aliphatic carbocycles. The number of anilines is 1. The highest BCUT2D eigenvalue weighted by Crippen LogP contribution is 2.25. The maximum atomic E-state index is 12.4. The second-order valence-corrected chi connectivity index (χ2v) is 6.75. The standard InChI is InChI=1S/C18H25N3O3/c1-13-5-4-8-20(11-13)18(23)19-14-9-17(22)21(12-14)15-6-3-7-16(10-15)24-2/h3,6-7,10,13-14H,4-5,8-9,11-12H2,1-2H3,(H,19,23)/t13-,14-/m1/s1. The first kappa shape index (κ1) is 16.6. The molecule has 2 atom stereocenters. The minimum atomic E-state index is -0.145. The Balaban J connectivity index is 1.61. The summed E-state index contributed by atoms with van der Waals surface area (Å²) in [6.07, 6.45) is 2.57. The van der Waals surface area contributed by atoms with Crippen LogP contribution in [0.1, 0.15) is 26.2 Å². The first-order chi connectivity index (χ1) is 11.6. The Kier molecular flexibility index (Phi) is 4.92. The van der Waals surface area contributed by atoms with Crippen LogP contribution in [0, 0.1) is 5.92 Å². The molecule has 1 aromatic carbocycles. The van der Waals surface area contributed by atoms with Crippen LogP contribution in [-0.2, 0) is 4.79 Å². The van der Waals surface area contributed by atoms with E-state index in [0.29, 0.717) is 18.9 Å². The van der Waals surface area contributed by atoms with Gasteiger partial charge in [-0.15, -0.1) is 0 Å². The molecule has 0 spiro atoms. The van der Waals surface area contributed by atoms with Gasteiger partial charge >= 0.3 is 6.03 Å². The molecule has 2 aliphatic rings. The summed E-state index contributed by atoms with van der Waals surface area (Å²) >= 11 is 0. The van der Waals surface area contributed by atoms with Crippen molar-refractivity contribution in [2.45, 2.75) is 32.2 Å². The van der Waals surface area contributed by atoms with Gasteiger partial charge in [-0.3, -0.25) is 4.79 Å². The maximum Gasteiger partial charge on any atom is 0.317 e. The van der Waals surface area contributed by atoms with E-state index in [9.17, 15) is 9.59 Å². The molecule has 130 valence electrons. The van der Waals surface area contributed by atoms with Crippen LogP contribution in [0.15, 0.2) is 24.3 Å². The number of rotatable bonds is 3. The van der Waals surface area contributed by atoms with Gasteiger partial charge < -0.3 is 19.9 Å². The van der Waals surface area contributed by atoms with Crippen LogP contribution in [0.3, 0.4) is 0 Å². The van der Waals surface area contributed by atoms with E-state index in [1.54, 1.807) is 12.0 Å². The molecule has 2 heterocycles. The molecule has 0 bridgehead atoms. The van der Waals surface area contributed by atoms with Crippen molar-refractivity contribution in [1.82, 2.24) is 10.2 Å². The number of nitrogens with one attached hydrogen (secondary N) is 1. The van der Waals surface area contributed by atoms with Gasteiger partial charge in [-0.05, 0) is 30.9 Å². The summed E-state index contributed by atoms with van der Waals surface area (Å²) in [6.45, 7) is 4.27. The third-order valence-electron chi connectivity index (χ3n) is 4.76. The lowest BCUT2D eigenvalue weighted by Crippen LogP contribution is -2.49. The first-order valence-electron chi connectivity index (χ1n) is 8.56.